The molecule has 2 heterocycles. The minimum Gasteiger partial charge on any atom is -0.337 e. The van der Waals surface area contributed by atoms with Crippen LogP contribution in [-0.4, -0.2) is 49.1 Å². The van der Waals surface area contributed by atoms with E-state index >= 15 is 0 Å². The minimum absolute atomic E-state index is 0.0950. The summed E-state index contributed by atoms with van der Waals surface area (Å²) < 4.78 is 23.3. The molecule has 106 valence electrons. The number of benzene rings is 1. The third-order valence-corrected chi connectivity index (χ3v) is 6.18. The number of nitrogens with zero attached hydrogens (tertiary/aromatic N) is 1. The normalized spacial score (nSPS) is 27.0. The lowest BCUT2D eigenvalue weighted by Gasteiger charge is -2.26. The summed E-state index contributed by atoms with van der Waals surface area (Å²) in [5.41, 5.74) is 1.59. The van der Waals surface area contributed by atoms with Crippen LogP contribution >= 0.6 is 0 Å². The van der Waals surface area contributed by atoms with Gasteiger partial charge < -0.3 is 4.90 Å². The first kappa shape index (κ1) is 13.3. The molecule has 0 spiro atoms. The van der Waals surface area contributed by atoms with Crippen molar-refractivity contribution < 1.29 is 18.0 Å². The summed E-state index contributed by atoms with van der Waals surface area (Å²) in [6.45, 7) is 0.512. The summed E-state index contributed by atoms with van der Waals surface area (Å²) in [6.07, 6.45) is 1.87. The lowest BCUT2D eigenvalue weighted by molar-refractivity contribution is -0.128. The van der Waals surface area contributed by atoms with E-state index in [9.17, 15) is 18.0 Å². The second-order valence-electron chi connectivity index (χ2n) is 5.35. The molecular formula is C14H15NO4S. The average molecular weight is 293 g/mol. The maximum Gasteiger partial charge on any atom is 0.241 e. The van der Waals surface area contributed by atoms with Gasteiger partial charge in [0.2, 0.25) is 5.91 Å². The Hall–Kier alpha value is -1.69. The first-order chi connectivity index (χ1) is 9.51. The Morgan fingerprint density at radius 2 is 2.15 bits per heavy atom. The predicted octanol–water partition coefficient (Wildman–Crippen LogP) is 0.440. The molecule has 6 heteroatoms. The lowest BCUT2D eigenvalue weighted by Crippen LogP contribution is -2.45. The smallest absolute Gasteiger partial charge is 0.241 e. The average Bonchev–Trinajstić information content (AvgIpc) is 2.89. The highest BCUT2D eigenvalue weighted by molar-refractivity contribution is 7.93. The van der Waals surface area contributed by atoms with Gasteiger partial charge in [0, 0.05) is 18.2 Å². The Morgan fingerprint density at radius 1 is 1.35 bits per heavy atom. The quantitative estimate of drug-likeness (QED) is 0.755. The number of aldehydes is 1. The molecule has 2 aliphatic rings. The number of amides is 1. The van der Waals surface area contributed by atoms with Crippen molar-refractivity contribution in [1.82, 2.24) is 4.90 Å². The maximum atomic E-state index is 12.0. The second kappa shape index (κ2) is 4.70. The van der Waals surface area contributed by atoms with Gasteiger partial charge in [-0.15, -0.1) is 0 Å². The largest absolute Gasteiger partial charge is 0.337 e. The van der Waals surface area contributed by atoms with Crippen molar-refractivity contribution in [1.29, 1.82) is 0 Å². The van der Waals surface area contributed by atoms with E-state index in [-0.39, 0.29) is 17.7 Å². The van der Waals surface area contributed by atoms with Crippen LogP contribution in [0.4, 0.5) is 0 Å². The van der Waals surface area contributed by atoms with Crippen LogP contribution in [0.1, 0.15) is 22.3 Å². The van der Waals surface area contributed by atoms with Crippen LogP contribution in [0.2, 0.25) is 0 Å². The van der Waals surface area contributed by atoms with Gasteiger partial charge in [-0.1, -0.05) is 18.2 Å². The van der Waals surface area contributed by atoms with E-state index in [1.165, 1.54) is 0 Å². The zero-order valence-corrected chi connectivity index (χ0v) is 11.7. The molecule has 1 aromatic carbocycles. The Bertz CT molecular complexity index is 668. The summed E-state index contributed by atoms with van der Waals surface area (Å²) in [4.78, 5) is 24.4. The molecule has 1 amide bonds. The van der Waals surface area contributed by atoms with Crippen molar-refractivity contribution >= 4 is 22.0 Å². The van der Waals surface area contributed by atoms with Crippen LogP contribution in [0.15, 0.2) is 24.3 Å². The van der Waals surface area contributed by atoms with E-state index in [1.54, 1.807) is 17.0 Å². The third-order valence-electron chi connectivity index (χ3n) is 4.07. The van der Waals surface area contributed by atoms with Gasteiger partial charge in [0.1, 0.15) is 11.5 Å². The van der Waals surface area contributed by atoms with Gasteiger partial charge in [0.15, 0.2) is 9.84 Å². The molecule has 0 radical (unpaired) electrons. The predicted molar refractivity (Wildman–Crippen MR) is 73.2 cm³/mol. The number of carbonyl (C=O) groups excluding carboxylic acids is 2. The highest BCUT2D eigenvalue weighted by Gasteiger charge is 2.54. The van der Waals surface area contributed by atoms with Gasteiger partial charge in [-0.3, -0.25) is 9.59 Å². The fourth-order valence-corrected chi connectivity index (χ4v) is 5.09. The number of fused-ring (bicyclic) bond motifs is 2. The topological polar surface area (TPSA) is 71.5 Å². The van der Waals surface area contributed by atoms with E-state index in [0.717, 1.165) is 11.8 Å². The Balaban J connectivity index is 1.68. The summed E-state index contributed by atoms with van der Waals surface area (Å²) in [5.74, 6) is -0.162. The number of rotatable bonds is 4. The molecule has 0 aromatic heterocycles. The van der Waals surface area contributed by atoms with Gasteiger partial charge in [0.05, 0.1) is 5.75 Å². The molecule has 3 rings (SSSR count). The van der Waals surface area contributed by atoms with Crippen molar-refractivity contribution in [3.8, 4) is 0 Å². The molecule has 5 nitrogen and oxygen atoms in total. The first-order valence-corrected chi connectivity index (χ1v) is 8.29. The summed E-state index contributed by atoms with van der Waals surface area (Å²) >= 11 is 0. The molecule has 0 N–H and O–H groups in total. The van der Waals surface area contributed by atoms with Gasteiger partial charge in [-0.05, 0) is 24.5 Å². The second-order valence-corrected chi connectivity index (χ2v) is 7.58. The molecule has 2 unspecified atom stereocenters. The van der Waals surface area contributed by atoms with E-state index in [4.69, 9.17) is 0 Å². The SMILES string of the molecule is O=Cc1cccc(CCN2C(=O)C3CC2CS3(=O)=O)c1. The monoisotopic (exact) mass is 293 g/mol. The summed E-state index contributed by atoms with van der Waals surface area (Å²) in [5, 5.41) is -0.811. The van der Waals surface area contributed by atoms with Crippen LogP contribution in [0.25, 0.3) is 0 Å². The van der Waals surface area contributed by atoms with Gasteiger partial charge in [0.25, 0.3) is 0 Å². The molecular weight excluding hydrogens is 278 g/mol. The fraction of sp³-hybridized carbons (Fsp3) is 0.429. The van der Waals surface area contributed by atoms with Crippen LogP contribution < -0.4 is 0 Å². The van der Waals surface area contributed by atoms with Crippen LogP contribution in [0.3, 0.4) is 0 Å². The van der Waals surface area contributed by atoms with Crippen molar-refractivity contribution in [2.75, 3.05) is 12.3 Å². The third kappa shape index (κ3) is 2.14. The van der Waals surface area contributed by atoms with Crippen LogP contribution in [0, 0.1) is 0 Å². The van der Waals surface area contributed by atoms with E-state index in [2.05, 4.69) is 0 Å². The highest BCUT2D eigenvalue weighted by Crippen LogP contribution is 2.34. The molecule has 0 aliphatic carbocycles. The Morgan fingerprint density at radius 3 is 2.80 bits per heavy atom. The first-order valence-electron chi connectivity index (χ1n) is 6.57. The van der Waals surface area contributed by atoms with Gasteiger partial charge in [-0.25, -0.2) is 8.42 Å². The van der Waals surface area contributed by atoms with Gasteiger partial charge in [-0.2, -0.15) is 0 Å². The summed E-state index contributed by atoms with van der Waals surface area (Å²) in [6, 6.07) is 7.07. The van der Waals surface area contributed by atoms with Crippen molar-refractivity contribution in [2.45, 2.75) is 24.1 Å². The lowest BCUT2D eigenvalue weighted by atomic mass is 10.1. The molecule has 20 heavy (non-hydrogen) atoms. The fourth-order valence-electron chi connectivity index (χ4n) is 3.05. The summed E-state index contributed by atoms with van der Waals surface area (Å²) in [7, 11) is -3.20. The van der Waals surface area contributed by atoms with Crippen molar-refractivity contribution in [3.05, 3.63) is 35.4 Å². The van der Waals surface area contributed by atoms with E-state index in [1.807, 2.05) is 12.1 Å². The van der Waals surface area contributed by atoms with Crippen molar-refractivity contribution in [2.24, 2.45) is 0 Å². The number of hydrogen-bond acceptors (Lipinski definition) is 4. The van der Waals surface area contributed by atoms with Crippen molar-refractivity contribution in [3.63, 3.8) is 0 Å². The molecule has 2 saturated heterocycles. The Kier molecular flexibility index (Phi) is 3.12. The highest BCUT2D eigenvalue weighted by atomic mass is 32.2. The molecule has 2 atom stereocenters. The zero-order chi connectivity index (χ0) is 14.3. The van der Waals surface area contributed by atoms with Gasteiger partial charge >= 0.3 is 0 Å². The molecule has 2 bridgehead atoms. The zero-order valence-electron chi connectivity index (χ0n) is 10.9. The number of hydrogen-bond donors (Lipinski definition) is 0. The van der Waals surface area contributed by atoms with Crippen LogP contribution in [0.5, 0.6) is 0 Å². The van der Waals surface area contributed by atoms with Crippen LogP contribution in [-0.2, 0) is 21.1 Å². The van der Waals surface area contributed by atoms with E-state index in [0.29, 0.717) is 24.9 Å². The number of sulfone groups is 1. The molecule has 2 aliphatic heterocycles. The molecule has 2 fully saturated rings. The number of carbonyl (C=O) groups is 2. The minimum atomic E-state index is -3.20. The molecule has 0 saturated carbocycles. The van der Waals surface area contributed by atoms with E-state index < -0.39 is 15.1 Å². The Labute approximate surface area is 117 Å². The standard InChI is InChI=1S/C14H15NO4S/c16-8-11-3-1-2-10(6-11)4-5-15-12-7-13(14(15)17)20(18,19)9-12/h1-3,6,8,12-13H,4-5,7,9H2. The maximum absolute atomic E-state index is 12.0. The molecule has 1 aromatic rings. The number of likely N-dealkylation sites (tertiary alicyclic amines) is 1.